The molecule has 0 aromatic heterocycles. The molecule has 4 saturated carbocycles. The zero-order valence-electron chi connectivity index (χ0n) is 19.0. The zero-order chi connectivity index (χ0) is 22.1. The number of rotatable bonds is 6. The molecule has 0 heterocycles. The summed E-state index contributed by atoms with van der Waals surface area (Å²) in [6.07, 6.45) is 7.21. The van der Waals surface area contributed by atoms with Gasteiger partial charge in [0.2, 0.25) is 0 Å². The molecular weight excluding hydrogens is 400 g/mol. The molecule has 32 heavy (non-hydrogen) atoms. The Hall–Kier alpha value is -2.48. The second kappa shape index (κ2) is 8.81. The van der Waals surface area contributed by atoms with Crippen molar-refractivity contribution in [1.82, 2.24) is 0 Å². The number of methoxy groups -OCH3 is 1. The SMILES string of the molecule is COC(C)OCOc1ccc(O)c(C#Cc2ccccc2)c1C12CC3CC(CC(C3)C1)C2. The van der Waals surface area contributed by atoms with Gasteiger partial charge in [-0.3, -0.25) is 0 Å². The Labute approximate surface area is 190 Å². The van der Waals surface area contributed by atoms with E-state index in [4.69, 9.17) is 14.2 Å². The number of hydrogen-bond acceptors (Lipinski definition) is 4. The third-order valence-corrected chi connectivity index (χ3v) is 7.67. The number of ether oxygens (including phenoxy) is 3. The molecule has 4 nitrogen and oxygen atoms in total. The first-order valence-corrected chi connectivity index (χ1v) is 11.8. The van der Waals surface area contributed by atoms with E-state index in [0.717, 1.165) is 53.9 Å². The Bertz CT molecular complexity index is 982. The molecule has 1 N–H and O–H groups in total. The van der Waals surface area contributed by atoms with Gasteiger partial charge in [0, 0.05) is 23.7 Å². The Balaban J connectivity index is 1.57. The lowest BCUT2D eigenvalue weighted by atomic mass is 9.47. The van der Waals surface area contributed by atoms with Gasteiger partial charge in [0.05, 0.1) is 5.56 Å². The van der Waals surface area contributed by atoms with Crippen molar-refractivity contribution in [3.63, 3.8) is 0 Å². The molecule has 4 aliphatic carbocycles. The Morgan fingerprint density at radius 3 is 2.25 bits per heavy atom. The van der Waals surface area contributed by atoms with E-state index < -0.39 is 0 Å². The quantitative estimate of drug-likeness (QED) is 0.476. The average molecular weight is 433 g/mol. The van der Waals surface area contributed by atoms with Gasteiger partial charge in [0.25, 0.3) is 0 Å². The molecule has 0 radical (unpaired) electrons. The highest BCUT2D eigenvalue weighted by atomic mass is 16.7. The van der Waals surface area contributed by atoms with Gasteiger partial charge in [0.1, 0.15) is 11.5 Å². The summed E-state index contributed by atoms with van der Waals surface area (Å²) in [6.45, 7) is 1.95. The fourth-order valence-corrected chi connectivity index (χ4v) is 6.68. The molecule has 0 saturated heterocycles. The van der Waals surface area contributed by atoms with Gasteiger partial charge < -0.3 is 19.3 Å². The highest BCUT2D eigenvalue weighted by molar-refractivity contribution is 5.61. The zero-order valence-corrected chi connectivity index (χ0v) is 19.0. The van der Waals surface area contributed by atoms with Crippen LogP contribution in [0.1, 0.15) is 62.1 Å². The number of phenolic OH excluding ortho intramolecular Hbond substituents is 1. The van der Waals surface area contributed by atoms with Crippen LogP contribution >= 0.6 is 0 Å². The molecule has 0 amide bonds. The van der Waals surface area contributed by atoms with E-state index in [1.54, 1.807) is 13.2 Å². The molecule has 4 bridgehead atoms. The first-order chi connectivity index (χ1) is 15.6. The lowest BCUT2D eigenvalue weighted by Crippen LogP contribution is -2.49. The van der Waals surface area contributed by atoms with E-state index in [0.29, 0.717) is 5.56 Å². The van der Waals surface area contributed by atoms with Crippen molar-refractivity contribution in [2.24, 2.45) is 17.8 Å². The van der Waals surface area contributed by atoms with Gasteiger partial charge in [-0.05, 0) is 87.5 Å². The lowest BCUT2D eigenvalue weighted by molar-refractivity contribution is -0.150. The van der Waals surface area contributed by atoms with E-state index in [2.05, 4.69) is 11.8 Å². The molecule has 0 aliphatic heterocycles. The summed E-state index contributed by atoms with van der Waals surface area (Å²) in [5.74, 6) is 9.94. The summed E-state index contributed by atoms with van der Waals surface area (Å²) >= 11 is 0. The van der Waals surface area contributed by atoms with E-state index in [1.807, 2.05) is 43.3 Å². The number of phenols is 1. The first-order valence-electron chi connectivity index (χ1n) is 11.8. The predicted molar refractivity (Wildman–Crippen MR) is 123 cm³/mol. The van der Waals surface area contributed by atoms with Gasteiger partial charge in [-0.1, -0.05) is 30.0 Å². The minimum Gasteiger partial charge on any atom is -0.507 e. The predicted octanol–water partition coefficient (Wildman–Crippen LogP) is 5.61. The molecule has 0 spiro atoms. The van der Waals surface area contributed by atoms with Crippen molar-refractivity contribution in [1.29, 1.82) is 0 Å². The molecule has 4 fully saturated rings. The molecule has 4 heteroatoms. The van der Waals surface area contributed by atoms with Crippen LogP contribution in [0.25, 0.3) is 0 Å². The van der Waals surface area contributed by atoms with Gasteiger partial charge in [-0.2, -0.15) is 0 Å². The van der Waals surface area contributed by atoms with E-state index in [1.165, 1.54) is 19.3 Å². The Morgan fingerprint density at radius 1 is 0.969 bits per heavy atom. The summed E-state index contributed by atoms with van der Waals surface area (Å²) in [4.78, 5) is 0. The molecule has 4 aliphatic rings. The van der Waals surface area contributed by atoms with Crippen LogP contribution in [0.15, 0.2) is 42.5 Å². The van der Waals surface area contributed by atoms with Crippen LogP contribution in [0.3, 0.4) is 0 Å². The number of benzene rings is 2. The fourth-order valence-electron chi connectivity index (χ4n) is 6.68. The summed E-state index contributed by atoms with van der Waals surface area (Å²) in [7, 11) is 1.61. The normalized spacial score (nSPS) is 28.8. The average Bonchev–Trinajstić information content (AvgIpc) is 2.78. The molecule has 1 unspecified atom stereocenters. The van der Waals surface area contributed by atoms with Crippen molar-refractivity contribution in [2.75, 3.05) is 13.9 Å². The maximum absolute atomic E-state index is 10.9. The van der Waals surface area contributed by atoms with Gasteiger partial charge in [-0.15, -0.1) is 0 Å². The van der Waals surface area contributed by atoms with Crippen molar-refractivity contribution < 1.29 is 19.3 Å². The third kappa shape index (κ3) is 4.12. The topological polar surface area (TPSA) is 47.9 Å². The van der Waals surface area contributed by atoms with Crippen LogP contribution in [0.4, 0.5) is 0 Å². The summed E-state index contributed by atoms with van der Waals surface area (Å²) in [5, 5.41) is 10.9. The van der Waals surface area contributed by atoms with E-state index in [-0.39, 0.29) is 24.2 Å². The number of hydrogen-bond donors (Lipinski definition) is 1. The monoisotopic (exact) mass is 432 g/mol. The van der Waals surface area contributed by atoms with E-state index in [9.17, 15) is 5.11 Å². The molecule has 1 atom stereocenters. The molecule has 2 aromatic carbocycles. The maximum atomic E-state index is 10.9. The van der Waals surface area contributed by atoms with Crippen molar-refractivity contribution in [2.45, 2.75) is 57.2 Å². The smallest absolute Gasteiger partial charge is 0.191 e. The fraction of sp³-hybridized carbons (Fsp3) is 0.500. The summed E-state index contributed by atoms with van der Waals surface area (Å²) in [5.41, 5.74) is 2.77. The van der Waals surface area contributed by atoms with Crippen LogP contribution < -0.4 is 4.74 Å². The highest BCUT2D eigenvalue weighted by Gasteiger charge is 2.53. The van der Waals surface area contributed by atoms with Crippen LogP contribution in [-0.2, 0) is 14.9 Å². The van der Waals surface area contributed by atoms with Gasteiger partial charge >= 0.3 is 0 Å². The lowest BCUT2D eigenvalue weighted by Gasteiger charge is -2.57. The Kier molecular flexibility index (Phi) is 5.88. The van der Waals surface area contributed by atoms with Crippen LogP contribution in [0.2, 0.25) is 0 Å². The summed E-state index contributed by atoms with van der Waals surface area (Å²) in [6, 6.07) is 13.5. The van der Waals surface area contributed by atoms with Crippen LogP contribution in [-0.4, -0.2) is 25.3 Å². The van der Waals surface area contributed by atoms with Crippen molar-refractivity contribution in [3.05, 3.63) is 59.2 Å². The number of aromatic hydroxyl groups is 1. The minimum atomic E-state index is -0.340. The largest absolute Gasteiger partial charge is 0.507 e. The molecular formula is C28H32O4. The minimum absolute atomic E-state index is 0.0242. The molecule has 2 aromatic rings. The van der Waals surface area contributed by atoms with Crippen LogP contribution in [0, 0.1) is 29.6 Å². The standard InChI is InChI=1S/C28H32O4/c1-19(30-2)31-18-32-26-11-10-25(29)24(9-8-20-6-4-3-5-7-20)27(26)28-15-21-12-22(16-28)14-23(13-21)17-28/h3-7,10-11,19,21-23,29H,12-18H2,1-2H3. The molecule has 6 rings (SSSR count). The summed E-state index contributed by atoms with van der Waals surface area (Å²) < 4.78 is 17.0. The van der Waals surface area contributed by atoms with Crippen LogP contribution in [0.5, 0.6) is 11.5 Å². The third-order valence-electron chi connectivity index (χ3n) is 7.67. The second-order valence-electron chi connectivity index (χ2n) is 9.88. The first kappa shape index (κ1) is 21.4. The highest BCUT2D eigenvalue weighted by Crippen LogP contribution is 2.62. The maximum Gasteiger partial charge on any atom is 0.191 e. The van der Waals surface area contributed by atoms with E-state index >= 15 is 0 Å². The Morgan fingerprint density at radius 2 is 1.62 bits per heavy atom. The van der Waals surface area contributed by atoms with Gasteiger partial charge in [-0.25, -0.2) is 0 Å². The van der Waals surface area contributed by atoms with Crippen molar-refractivity contribution in [3.8, 4) is 23.3 Å². The molecule has 168 valence electrons. The second-order valence-corrected chi connectivity index (χ2v) is 9.88. The van der Waals surface area contributed by atoms with Gasteiger partial charge in [0.15, 0.2) is 13.1 Å². The van der Waals surface area contributed by atoms with Crippen molar-refractivity contribution >= 4 is 0 Å².